The number of hydrogen-bond acceptors (Lipinski definition) is 4. The monoisotopic (exact) mass is 286 g/mol. The third-order valence-electron chi connectivity index (χ3n) is 3.71. The first-order chi connectivity index (χ1) is 10.3. The van der Waals surface area contributed by atoms with Crippen molar-refractivity contribution in [3.63, 3.8) is 0 Å². The Bertz CT molecular complexity index is 570. The molecule has 7 nitrogen and oxygen atoms in total. The van der Waals surface area contributed by atoms with Crippen LogP contribution in [0.25, 0.3) is 0 Å². The molecule has 7 heteroatoms. The van der Waals surface area contributed by atoms with Crippen LogP contribution in [0.5, 0.6) is 0 Å². The molecule has 1 unspecified atom stereocenters. The lowest BCUT2D eigenvalue weighted by Gasteiger charge is -2.21. The first kappa shape index (κ1) is 13.5. The predicted octanol–water partition coefficient (Wildman–Crippen LogP) is 1.93. The maximum absolute atomic E-state index is 12.3. The summed E-state index contributed by atoms with van der Waals surface area (Å²) in [5, 5.41) is 10.8. The molecule has 1 N–H and O–H groups in total. The maximum atomic E-state index is 12.3. The summed E-state index contributed by atoms with van der Waals surface area (Å²) in [5.74, 6) is 0. The number of amides is 2. The van der Waals surface area contributed by atoms with E-state index in [-0.39, 0.29) is 6.03 Å². The van der Waals surface area contributed by atoms with E-state index in [1.54, 1.807) is 24.7 Å². The van der Waals surface area contributed by atoms with Crippen molar-refractivity contribution >= 4 is 11.7 Å². The van der Waals surface area contributed by atoms with E-state index < -0.39 is 0 Å². The smallest absolute Gasteiger partial charge is 0.321 e. The SMILES string of the molecule is O=C(Nc1cccnc1)N1CCCC(n2ccnn2)CC1. The van der Waals surface area contributed by atoms with Gasteiger partial charge in [-0.2, -0.15) is 0 Å². The van der Waals surface area contributed by atoms with Crippen LogP contribution in [0, 0.1) is 0 Å². The van der Waals surface area contributed by atoms with Gasteiger partial charge in [-0.3, -0.25) is 4.98 Å². The number of rotatable bonds is 2. The Morgan fingerprint density at radius 1 is 1.29 bits per heavy atom. The molecule has 1 fully saturated rings. The van der Waals surface area contributed by atoms with Crippen molar-refractivity contribution in [3.8, 4) is 0 Å². The zero-order valence-corrected chi connectivity index (χ0v) is 11.7. The van der Waals surface area contributed by atoms with Crippen molar-refractivity contribution in [1.82, 2.24) is 24.9 Å². The number of carbonyl (C=O) groups is 1. The molecular formula is C14H18N6O. The lowest BCUT2D eigenvalue weighted by Crippen LogP contribution is -2.35. The van der Waals surface area contributed by atoms with Gasteiger partial charge < -0.3 is 10.2 Å². The molecule has 2 amide bonds. The third kappa shape index (κ3) is 3.36. The normalized spacial score (nSPS) is 19.0. The van der Waals surface area contributed by atoms with E-state index in [9.17, 15) is 4.79 Å². The van der Waals surface area contributed by atoms with Crippen LogP contribution < -0.4 is 5.32 Å². The van der Waals surface area contributed by atoms with Crippen molar-refractivity contribution < 1.29 is 4.79 Å². The number of urea groups is 1. The predicted molar refractivity (Wildman–Crippen MR) is 77.7 cm³/mol. The first-order valence-corrected chi connectivity index (χ1v) is 7.15. The number of aromatic nitrogens is 4. The number of nitrogens with one attached hydrogen (secondary N) is 1. The highest BCUT2D eigenvalue weighted by Crippen LogP contribution is 2.21. The van der Waals surface area contributed by atoms with Gasteiger partial charge in [0.15, 0.2) is 0 Å². The van der Waals surface area contributed by atoms with Gasteiger partial charge in [0.25, 0.3) is 0 Å². The molecule has 110 valence electrons. The number of pyridine rings is 1. The Morgan fingerprint density at radius 3 is 3.00 bits per heavy atom. The van der Waals surface area contributed by atoms with Gasteiger partial charge in [-0.15, -0.1) is 5.10 Å². The van der Waals surface area contributed by atoms with Crippen LogP contribution in [-0.2, 0) is 0 Å². The molecule has 1 aliphatic heterocycles. The van der Waals surface area contributed by atoms with E-state index in [0.717, 1.165) is 38.0 Å². The molecular weight excluding hydrogens is 268 g/mol. The van der Waals surface area contributed by atoms with Crippen molar-refractivity contribution in [2.45, 2.75) is 25.3 Å². The van der Waals surface area contributed by atoms with Crippen molar-refractivity contribution in [1.29, 1.82) is 0 Å². The largest absolute Gasteiger partial charge is 0.324 e. The van der Waals surface area contributed by atoms with Crippen molar-refractivity contribution in [2.24, 2.45) is 0 Å². The minimum absolute atomic E-state index is 0.0674. The molecule has 0 aromatic carbocycles. The Kier molecular flexibility index (Phi) is 4.09. The van der Waals surface area contributed by atoms with E-state index in [0.29, 0.717) is 6.04 Å². The molecule has 0 radical (unpaired) electrons. The van der Waals surface area contributed by atoms with E-state index in [1.165, 1.54) is 0 Å². The average Bonchev–Trinajstić information content (AvgIpc) is 2.93. The first-order valence-electron chi connectivity index (χ1n) is 7.15. The fourth-order valence-electron chi connectivity index (χ4n) is 2.60. The molecule has 1 aliphatic rings. The topological polar surface area (TPSA) is 75.9 Å². The summed E-state index contributed by atoms with van der Waals surface area (Å²) in [7, 11) is 0. The highest BCUT2D eigenvalue weighted by Gasteiger charge is 2.22. The van der Waals surface area contributed by atoms with Gasteiger partial charge in [0.05, 0.1) is 24.1 Å². The molecule has 0 aliphatic carbocycles. The number of likely N-dealkylation sites (tertiary alicyclic amines) is 1. The molecule has 0 bridgehead atoms. The Labute approximate surface area is 123 Å². The summed E-state index contributed by atoms with van der Waals surface area (Å²) in [6.45, 7) is 1.48. The molecule has 2 aromatic heterocycles. The molecule has 3 heterocycles. The quantitative estimate of drug-likeness (QED) is 0.915. The van der Waals surface area contributed by atoms with Crippen LogP contribution in [0.15, 0.2) is 36.9 Å². The van der Waals surface area contributed by atoms with Gasteiger partial charge in [0.1, 0.15) is 0 Å². The fourth-order valence-corrected chi connectivity index (χ4v) is 2.60. The van der Waals surface area contributed by atoms with Gasteiger partial charge >= 0.3 is 6.03 Å². The second-order valence-electron chi connectivity index (χ2n) is 5.13. The van der Waals surface area contributed by atoms with Gasteiger partial charge in [-0.05, 0) is 31.4 Å². The summed E-state index contributed by atoms with van der Waals surface area (Å²) in [6.07, 6.45) is 9.78. The van der Waals surface area contributed by atoms with Gasteiger partial charge in [-0.1, -0.05) is 5.21 Å². The number of hydrogen-bond donors (Lipinski definition) is 1. The van der Waals surface area contributed by atoms with Gasteiger partial charge in [0, 0.05) is 25.5 Å². The Balaban J connectivity index is 1.58. The minimum atomic E-state index is -0.0674. The molecule has 1 saturated heterocycles. The Morgan fingerprint density at radius 2 is 2.24 bits per heavy atom. The van der Waals surface area contributed by atoms with Crippen LogP contribution in [0.4, 0.5) is 10.5 Å². The summed E-state index contributed by atoms with van der Waals surface area (Å²) in [6, 6.07) is 3.89. The summed E-state index contributed by atoms with van der Waals surface area (Å²) in [4.78, 5) is 18.1. The zero-order chi connectivity index (χ0) is 14.5. The van der Waals surface area contributed by atoms with E-state index in [1.807, 2.05) is 21.8 Å². The number of carbonyl (C=O) groups excluding carboxylic acids is 1. The summed E-state index contributed by atoms with van der Waals surface area (Å²) < 4.78 is 1.89. The molecule has 0 spiro atoms. The molecule has 3 rings (SSSR count). The van der Waals surface area contributed by atoms with Crippen LogP contribution in [0.3, 0.4) is 0 Å². The highest BCUT2D eigenvalue weighted by molar-refractivity contribution is 5.89. The highest BCUT2D eigenvalue weighted by atomic mass is 16.2. The summed E-state index contributed by atoms with van der Waals surface area (Å²) in [5.41, 5.74) is 0.722. The standard InChI is InChI=1S/C14H18N6O/c21-14(17-12-3-1-6-15-11-12)19-8-2-4-13(5-9-19)20-10-7-16-18-20/h1,3,6-7,10-11,13H,2,4-5,8-9H2,(H,17,21). The van der Waals surface area contributed by atoms with Gasteiger partial charge in [0.2, 0.25) is 0 Å². The van der Waals surface area contributed by atoms with E-state index in [4.69, 9.17) is 0 Å². The average molecular weight is 286 g/mol. The Hall–Kier alpha value is -2.44. The number of anilines is 1. The van der Waals surface area contributed by atoms with Crippen LogP contribution in [-0.4, -0.2) is 44.0 Å². The lowest BCUT2D eigenvalue weighted by atomic mass is 10.1. The third-order valence-corrected chi connectivity index (χ3v) is 3.71. The molecule has 21 heavy (non-hydrogen) atoms. The maximum Gasteiger partial charge on any atom is 0.321 e. The molecule has 1 atom stereocenters. The fraction of sp³-hybridized carbons (Fsp3) is 0.429. The second kappa shape index (κ2) is 6.34. The van der Waals surface area contributed by atoms with Crippen LogP contribution >= 0.6 is 0 Å². The van der Waals surface area contributed by atoms with Crippen LogP contribution in [0.1, 0.15) is 25.3 Å². The van der Waals surface area contributed by atoms with Gasteiger partial charge in [-0.25, -0.2) is 9.48 Å². The molecule has 2 aromatic rings. The van der Waals surface area contributed by atoms with E-state index in [2.05, 4.69) is 20.6 Å². The zero-order valence-electron chi connectivity index (χ0n) is 11.7. The lowest BCUT2D eigenvalue weighted by molar-refractivity contribution is 0.213. The minimum Gasteiger partial charge on any atom is -0.324 e. The second-order valence-corrected chi connectivity index (χ2v) is 5.13. The molecule has 0 saturated carbocycles. The van der Waals surface area contributed by atoms with Crippen molar-refractivity contribution in [2.75, 3.05) is 18.4 Å². The van der Waals surface area contributed by atoms with Crippen LogP contribution in [0.2, 0.25) is 0 Å². The summed E-state index contributed by atoms with van der Waals surface area (Å²) >= 11 is 0. The van der Waals surface area contributed by atoms with E-state index >= 15 is 0 Å². The van der Waals surface area contributed by atoms with Crippen molar-refractivity contribution in [3.05, 3.63) is 36.9 Å². The number of nitrogens with zero attached hydrogens (tertiary/aromatic N) is 5.